The van der Waals surface area contributed by atoms with Gasteiger partial charge in [-0.05, 0) is 30.5 Å². The summed E-state index contributed by atoms with van der Waals surface area (Å²) in [6, 6.07) is 8.01. The van der Waals surface area contributed by atoms with Crippen molar-refractivity contribution < 1.29 is 5.11 Å². The van der Waals surface area contributed by atoms with Gasteiger partial charge in [0.2, 0.25) is 0 Å². The topological polar surface area (TPSA) is 32.3 Å². The van der Waals surface area contributed by atoms with Crippen LogP contribution in [0.5, 0.6) is 0 Å². The fraction of sp³-hybridized carbons (Fsp3) is 0.500. The predicted octanol–water partition coefficient (Wildman–Crippen LogP) is 2.52. The van der Waals surface area contributed by atoms with Crippen LogP contribution < -0.4 is 5.32 Å². The molecule has 2 N–H and O–H groups in total. The van der Waals surface area contributed by atoms with Crippen LogP contribution in [0.4, 0.5) is 0 Å². The molecule has 0 aromatic heterocycles. The van der Waals surface area contributed by atoms with Crippen LogP contribution in [0, 0.1) is 0 Å². The number of aliphatic hydroxyl groups excluding tert-OH is 1. The van der Waals surface area contributed by atoms with E-state index in [0.717, 1.165) is 5.56 Å². The van der Waals surface area contributed by atoms with E-state index in [4.69, 9.17) is 11.6 Å². The Morgan fingerprint density at radius 3 is 2.87 bits per heavy atom. The molecule has 82 valence electrons. The van der Waals surface area contributed by atoms with Crippen molar-refractivity contribution in [1.82, 2.24) is 5.32 Å². The van der Waals surface area contributed by atoms with Crippen molar-refractivity contribution in [1.29, 1.82) is 0 Å². The second-order valence-electron chi connectivity index (χ2n) is 4.11. The summed E-state index contributed by atoms with van der Waals surface area (Å²) in [5.41, 5.74) is 0.884. The van der Waals surface area contributed by atoms with E-state index >= 15 is 0 Å². The van der Waals surface area contributed by atoms with Gasteiger partial charge >= 0.3 is 0 Å². The highest BCUT2D eigenvalue weighted by Gasteiger charge is 2.18. The Morgan fingerprint density at radius 2 is 2.27 bits per heavy atom. The molecule has 0 heterocycles. The van der Waals surface area contributed by atoms with Crippen LogP contribution in [-0.2, 0) is 0 Å². The summed E-state index contributed by atoms with van der Waals surface area (Å²) in [5.74, 6) is 0. The lowest BCUT2D eigenvalue weighted by atomic mass is 9.93. The molecule has 1 aliphatic rings. The number of hydrogen-bond acceptors (Lipinski definition) is 2. The normalized spacial score (nSPS) is 18.5. The quantitative estimate of drug-likeness (QED) is 0.826. The van der Waals surface area contributed by atoms with E-state index in [1.807, 2.05) is 24.3 Å². The Morgan fingerprint density at radius 1 is 1.47 bits per heavy atom. The summed E-state index contributed by atoms with van der Waals surface area (Å²) in [4.78, 5) is 0. The first-order valence-electron chi connectivity index (χ1n) is 5.42. The predicted molar refractivity (Wildman–Crippen MR) is 62.1 cm³/mol. The van der Waals surface area contributed by atoms with Gasteiger partial charge in [-0.2, -0.15) is 0 Å². The third-order valence-corrected chi connectivity index (χ3v) is 3.17. The Kier molecular flexibility index (Phi) is 3.62. The fourth-order valence-corrected chi connectivity index (χ4v) is 1.92. The van der Waals surface area contributed by atoms with E-state index in [0.29, 0.717) is 17.6 Å². The molecule has 1 aliphatic carbocycles. The van der Waals surface area contributed by atoms with Gasteiger partial charge in [0.15, 0.2) is 0 Å². The Bertz CT molecular complexity index is 325. The van der Waals surface area contributed by atoms with Crippen LogP contribution in [0.25, 0.3) is 0 Å². The van der Waals surface area contributed by atoms with Crippen molar-refractivity contribution in [2.45, 2.75) is 31.4 Å². The van der Waals surface area contributed by atoms with E-state index in [1.54, 1.807) is 0 Å². The summed E-state index contributed by atoms with van der Waals surface area (Å²) in [6.45, 7) is 0.616. The van der Waals surface area contributed by atoms with Gasteiger partial charge in [-0.3, -0.25) is 0 Å². The monoisotopic (exact) mass is 225 g/mol. The van der Waals surface area contributed by atoms with E-state index in [9.17, 15) is 5.11 Å². The molecule has 1 saturated carbocycles. The molecule has 0 bridgehead atoms. The zero-order valence-corrected chi connectivity index (χ0v) is 9.37. The van der Waals surface area contributed by atoms with Gasteiger partial charge in [-0.15, -0.1) is 0 Å². The lowest BCUT2D eigenvalue weighted by molar-refractivity contribution is 0.161. The Balaban J connectivity index is 1.86. The summed E-state index contributed by atoms with van der Waals surface area (Å²) in [5, 5.41) is 13.9. The van der Waals surface area contributed by atoms with Crippen LogP contribution in [0.1, 0.15) is 30.9 Å². The molecule has 1 unspecified atom stereocenters. The number of rotatable bonds is 4. The van der Waals surface area contributed by atoms with Crippen LogP contribution in [0.2, 0.25) is 5.02 Å². The van der Waals surface area contributed by atoms with Gasteiger partial charge in [-0.1, -0.05) is 30.2 Å². The lowest BCUT2D eigenvalue weighted by Crippen LogP contribution is -2.37. The molecule has 1 atom stereocenters. The maximum absolute atomic E-state index is 9.89. The van der Waals surface area contributed by atoms with E-state index in [1.165, 1.54) is 19.3 Å². The third-order valence-electron chi connectivity index (χ3n) is 2.94. The maximum Gasteiger partial charge on any atom is 0.0914 e. The van der Waals surface area contributed by atoms with Gasteiger partial charge in [0, 0.05) is 17.6 Å². The number of halogens is 1. The Labute approximate surface area is 95.3 Å². The highest BCUT2D eigenvalue weighted by atomic mass is 35.5. The minimum atomic E-state index is -0.454. The van der Waals surface area contributed by atoms with Crippen LogP contribution >= 0.6 is 11.6 Å². The molecule has 1 aromatic carbocycles. The van der Waals surface area contributed by atoms with Gasteiger partial charge in [-0.25, -0.2) is 0 Å². The molecular weight excluding hydrogens is 210 g/mol. The van der Waals surface area contributed by atoms with Gasteiger partial charge in [0.1, 0.15) is 0 Å². The summed E-state index contributed by atoms with van der Waals surface area (Å²) >= 11 is 5.86. The summed E-state index contributed by atoms with van der Waals surface area (Å²) < 4.78 is 0. The second-order valence-corrected chi connectivity index (χ2v) is 4.54. The third kappa shape index (κ3) is 2.94. The molecule has 3 heteroatoms. The molecule has 1 fully saturated rings. The highest BCUT2D eigenvalue weighted by molar-refractivity contribution is 6.30. The zero-order chi connectivity index (χ0) is 10.7. The van der Waals surface area contributed by atoms with E-state index in [2.05, 4.69) is 5.32 Å². The smallest absolute Gasteiger partial charge is 0.0914 e. The van der Waals surface area contributed by atoms with Crippen molar-refractivity contribution in [2.24, 2.45) is 0 Å². The van der Waals surface area contributed by atoms with Crippen LogP contribution in [0.3, 0.4) is 0 Å². The number of benzene rings is 1. The molecule has 1 aromatic rings. The first-order chi connectivity index (χ1) is 7.25. The molecule has 0 amide bonds. The molecule has 0 aliphatic heterocycles. The standard InChI is InChI=1S/C12H16ClNO/c13-10-4-1-3-9(7-10)12(15)8-14-11-5-2-6-11/h1,3-4,7,11-12,14-15H,2,5-6,8H2. The molecule has 2 nitrogen and oxygen atoms in total. The molecular formula is C12H16ClNO. The second kappa shape index (κ2) is 4.97. The van der Waals surface area contributed by atoms with Gasteiger partial charge in [0.05, 0.1) is 6.10 Å². The van der Waals surface area contributed by atoms with E-state index < -0.39 is 6.10 Å². The summed E-state index contributed by atoms with van der Waals surface area (Å²) in [6.07, 6.45) is 3.33. The Hall–Kier alpha value is -0.570. The molecule has 0 radical (unpaired) electrons. The lowest BCUT2D eigenvalue weighted by Gasteiger charge is -2.27. The first-order valence-corrected chi connectivity index (χ1v) is 5.80. The summed E-state index contributed by atoms with van der Waals surface area (Å²) in [7, 11) is 0. The number of nitrogens with one attached hydrogen (secondary N) is 1. The molecule has 2 rings (SSSR count). The highest BCUT2D eigenvalue weighted by Crippen LogP contribution is 2.20. The van der Waals surface area contributed by atoms with Crippen LogP contribution in [-0.4, -0.2) is 17.7 Å². The molecule has 15 heavy (non-hydrogen) atoms. The minimum absolute atomic E-state index is 0.454. The first kappa shape index (κ1) is 10.9. The average Bonchev–Trinajstić information content (AvgIpc) is 2.15. The van der Waals surface area contributed by atoms with Crippen molar-refractivity contribution in [2.75, 3.05) is 6.54 Å². The van der Waals surface area contributed by atoms with Crippen molar-refractivity contribution >= 4 is 11.6 Å². The largest absolute Gasteiger partial charge is 0.387 e. The van der Waals surface area contributed by atoms with Crippen LogP contribution in [0.15, 0.2) is 24.3 Å². The number of aliphatic hydroxyl groups is 1. The number of hydrogen-bond donors (Lipinski definition) is 2. The van der Waals surface area contributed by atoms with E-state index in [-0.39, 0.29) is 0 Å². The van der Waals surface area contributed by atoms with Crippen molar-refractivity contribution in [3.05, 3.63) is 34.9 Å². The molecule has 0 saturated heterocycles. The maximum atomic E-state index is 9.89. The average molecular weight is 226 g/mol. The zero-order valence-electron chi connectivity index (χ0n) is 8.62. The van der Waals surface area contributed by atoms with Gasteiger partial charge < -0.3 is 10.4 Å². The molecule has 0 spiro atoms. The fourth-order valence-electron chi connectivity index (χ4n) is 1.72. The SMILES string of the molecule is OC(CNC1CCC1)c1cccc(Cl)c1. The van der Waals surface area contributed by atoms with Gasteiger partial charge in [0.25, 0.3) is 0 Å². The van der Waals surface area contributed by atoms with Crippen molar-refractivity contribution in [3.8, 4) is 0 Å². The minimum Gasteiger partial charge on any atom is -0.387 e. The van der Waals surface area contributed by atoms with Crippen molar-refractivity contribution in [3.63, 3.8) is 0 Å².